The molecule has 3 heteroatoms. The van der Waals surface area contributed by atoms with Gasteiger partial charge in [-0.15, -0.1) is 0 Å². The SMILES string of the molecule is C[NH+]([O-])[I-]c1ccccc1. The number of hydroxylamine groups is 1. The van der Waals surface area contributed by atoms with Crippen LogP contribution in [0.4, 0.5) is 0 Å². The Bertz CT molecular complexity index is 188. The summed E-state index contributed by atoms with van der Waals surface area (Å²) in [5, 5.41) is 10.7. The predicted octanol–water partition coefficient (Wildman–Crippen LogP) is -3.13. The van der Waals surface area contributed by atoms with Crippen molar-refractivity contribution in [3.63, 3.8) is 0 Å². The van der Waals surface area contributed by atoms with E-state index in [2.05, 4.69) is 0 Å². The van der Waals surface area contributed by atoms with Gasteiger partial charge in [-0.25, -0.2) is 0 Å². The fourth-order valence-electron chi connectivity index (χ4n) is 0.631. The monoisotopic (exact) mass is 250 g/mol. The second kappa shape index (κ2) is 3.90. The second-order valence-corrected chi connectivity index (χ2v) is 5.16. The van der Waals surface area contributed by atoms with Gasteiger partial charge < -0.3 is 0 Å². The molecule has 0 fully saturated rings. The van der Waals surface area contributed by atoms with Gasteiger partial charge in [-0.1, -0.05) is 0 Å². The fraction of sp³-hybridized carbons (Fsp3) is 0.143. The van der Waals surface area contributed by atoms with Gasteiger partial charge in [0.25, 0.3) is 0 Å². The summed E-state index contributed by atoms with van der Waals surface area (Å²) in [6.07, 6.45) is 0. The molecule has 1 N–H and O–H groups in total. The molecule has 0 radical (unpaired) electrons. The van der Waals surface area contributed by atoms with Gasteiger partial charge in [-0.3, -0.25) is 0 Å². The zero-order valence-electron chi connectivity index (χ0n) is 5.67. The van der Waals surface area contributed by atoms with Crippen molar-refractivity contribution in [2.45, 2.75) is 0 Å². The maximum atomic E-state index is 10.7. The van der Waals surface area contributed by atoms with Crippen molar-refractivity contribution < 1.29 is 24.8 Å². The van der Waals surface area contributed by atoms with Gasteiger partial charge >= 0.3 is 70.9 Å². The van der Waals surface area contributed by atoms with E-state index in [1.54, 1.807) is 7.05 Å². The quantitative estimate of drug-likeness (QED) is 0.335. The standard InChI is InChI=1S/C7H9INO/c1-9(10)8-7-5-3-2-4-6-7/h2-6,9H,1H3/q-1. The Morgan fingerprint density at radius 2 is 1.90 bits per heavy atom. The van der Waals surface area contributed by atoms with Crippen molar-refractivity contribution in [3.05, 3.63) is 39.1 Å². The molecule has 0 heterocycles. The summed E-state index contributed by atoms with van der Waals surface area (Å²) >= 11 is -0.372. The summed E-state index contributed by atoms with van der Waals surface area (Å²) in [6, 6.07) is 9.92. The van der Waals surface area contributed by atoms with Gasteiger partial charge in [0, 0.05) is 0 Å². The number of nitrogens with one attached hydrogen (secondary N) is 1. The molecule has 1 unspecified atom stereocenters. The van der Waals surface area contributed by atoms with Crippen molar-refractivity contribution in [2.75, 3.05) is 7.05 Å². The van der Waals surface area contributed by atoms with Crippen molar-refractivity contribution in [2.24, 2.45) is 0 Å². The van der Waals surface area contributed by atoms with Crippen LogP contribution in [0.2, 0.25) is 0 Å². The van der Waals surface area contributed by atoms with Gasteiger partial charge in [0.2, 0.25) is 0 Å². The van der Waals surface area contributed by atoms with Crippen LogP contribution in [0.15, 0.2) is 30.3 Å². The number of benzene rings is 1. The maximum absolute atomic E-state index is 10.7. The van der Waals surface area contributed by atoms with E-state index in [4.69, 9.17) is 0 Å². The van der Waals surface area contributed by atoms with Gasteiger partial charge in [-0.2, -0.15) is 0 Å². The molecular weight excluding hydrogens is 241 g/mol. The van der Waals surface area contributed by atoms with Crippen molar-refractivity contribution in [1.29, 1.82) is 0 Å². The third-order valence-electron chi connectivity index (χ3n) is 0.975. The first kappa shape index (κ1) is 7.97. The van der Waals surface area contributed by atoms with Gasteiger partial charge in [0.1, 0.15) is 0 Å². The number of quaternary nitrogens is 1. The minimum atomic E-state index is -0.372. The van der Waals surface area contributed by atoms with E-state index in [-0.39, 0.29) is 21.5 Å². The molecule has 0 saturated carbocycles. The number of hydrogen-bond acceptors (Lipinski definition) is 1. The normalized spacial score (nSPS) is 13.4. The molecular formula is C7H9INO-. The molecule has 0 aliphatic rings. The summed E-state index contributed by atoms with van der Waals surface area (Å²) in [5.41, 5.74) is 0. The van der Waals surface area contributed by atoms with E-state index in [1.165, 1.54) is 3.57 Å². The number of rotatable bonds is 2. The summed E-state index contributed by atoms with van der Waals surface area (Å²) in [7, 11) is 1.65. The topological polar surface area (TPSA) is 27.5 Å². The van der Waals surface area contributed by atoms with Crippen LogP contribution >= 0.6 is 0 Å². The Morgan fingerprint density at radius 1 is 1.30 bits per heavy atom. The van der Waals surface area contributed by atoms with E-state index in [0.29, 0.717) is 3.28 Å². The average Bonchev–Trinajstić information content (AvgIpc) is 1.88. The average molecular weight is 250 g/mol. The minimum absolute atomic E-state index is 0.324. The molecule has 1 aromatic carbocycles. The van der Waals surface area contributed by atoms with Gasteiger partial charge in [0.05, 0.1) is 0 Å². The van der Waals surface area contributed by atoms with Crippen LogP contribution in [-0.4, -0.2) is 7.05 Å². The van der Waals surface area contributed by atoms with Crippen molar-refractivity contribution in [3.8, 4) is 0 Å². The molecule has 1 atom stereocenters. The Hall–Kier alpha value is -0.130. The van der Waals surface area contributed by atoms with Crippen LogP contribution in [0.3, 0.4) is 0 Å². The van der Waals surface area contributed by atoms with Crippen LogP contribution in [0, 0.1) is 8.78 Å². The molecule has 0 aromatic heterocycles. The number of hydrogen-bond donors (Lipinski definition) is 1. The Balaban J connectivity index is 2.59. The molecule has 10 heavy (non-hydrogen) atoms. The molecule has 0 saturated heterocycles. The molecule has 1 aromatic rings. The Morgan fingerprint density at radius 3 is 2.40 bits per heavy atom. The summed E-state index contributed by atoms with van der Waals surface area (Å²) in [6.45, 7) is 0. The van der Waals surface area contributed by atoms with E-state index < -0.39 is 0 Å². The van der Waals surface area contributed by atoms with Gasteiger partial charge in [-0.05, 0) is 0 Å². The molecule has 0 spiro atoms. The van der Waals surface area contributed by atoms with Crippen LogP contribution < -0.4 is 24.8 Å². The van der Waals surface area contributed by atoms with Crippen molar-refractivity contribution >= 4 is 0 Å². The van der Waals surface area contributed by atoms with E-state index in [0.717, 1.165) is 0 Å². The zero-order chi connectivity index (χ0) is 7.40. The summed E-state index contributed by atoms with van der Waals surface area (Å²) < 4.78 is 1.53. The third-order valence-corrected chi connectivity index (χ3v) is 3.08. The molecule has 56 valence electrons. The predicted molar refractivity (Wildman–Crippen MR) is 35.4 cm³/mol. The van der Waals surface area contributed by atoms with Crippen LogP contribution in [0.25, 0.3) is 0 Å². The van der Waals surface area contributed by atoms with Crippen LogP contribution in [0.5, 0.6) is 0 Å². The Labute approximate surface area is 71.0 Å². The van der Waals surface area contributed by atoms with E-state index in [1.807, 2.05) is 30.3 Å². The molecule has 0 aliphatic carbocycles. The fourth-order valence-corrected chi connectivity index (χ4v) is 2.28. The zero-order valence-corrected chi connectivity index (χ0v) is 7.83. The molecule has 2 nitrogen and oxygen atoms in total. The van der Waals surface area contributed by atoms with Crippen LogP contribution in [-0.2, 0) is 0 Å². The molecule has 0 amide bonds. The summed E-state index contributed by atoms with van der Waals surface area (Å²) in [4.78, 5) is 0. The summed E-state index contributed by atoms with van der Waals surface area (Å²) in [5.74, 6) is 0. The van der Waals surface area contributed by atoms with E-state index >= 15 is 0 Å². The van der Waals surface area contributed by atoms with Crippen LogP contribution in [0.1, 0.15) is 0 Å². The van der Waals surface area contributed by atoms with Gasteiger partial charge in [0.15, 0.2) is 0 Å². The first-order valence-corrected chi connectivity index (χ1v) is 5.15. The third kappa shape index (κ3) is 2.64. The molecule has 0 aliphatic heterocycles. The molecule has 0 bridgehead atoms. The first-order chi connectivity index (χ1) is 4.79. The second-order valence-electron chi connectivity index (χ2n) is 1.86. The number of halogens is 1. The molecule has 1 rings (SSSR count). The van der Waals surface area contributed by atoms with E-state index in [9.17, 15) is 5.21 Å². The van der Waals surface area contributed by atoms with Crippen molar-refractivity contribution in [1.82, 2.24) is 0 Å². The first-order valence-electron chi connectivity index (χ1n) is 2.99. The Kier molecular flexibility index (Phi) is 3.11.